The van der Waals surface area contributed by atoms with Crippen molar-refractivity contribution in [3.63, 3.8) is 0 Å². The fourth-order valence-electron chi connectivity index (χ4n) is 2.35. The molecule has 0 bridgehead atoms. The zero-order valence-electron chi connectivity index (χ0n) is 10.5. The number of sulfonamides is 1. The molecule has 2 rings (SSSR count). The maximum Gasteiger partial charge on any atom is 0.218 e. The molecule has 0 radical (unpaired) electrons. The number of aliphatic hydroxyl groups excluding tert-OH is 1. The third-order valence-electron chi connectivity index (χ3n) is 3.40. The highest BCUT2D eigenvalue weighted by molar-refractivity contribution is 7.88. The number of nitrogens with zero attached hydrogens (tertiary/aromatic N) is 1. The Bertz CT molecular complexity index is 495. The van der Waals surface area contributed by atoms with E-state index < -0.39 is 10.0 Å². The van der Waals surface area contributed by atoms with E-state index in [0.29, 0.717) is 6.54 Å². The van der Waals surface area contributed by atoms with Crippen molar-refractivity contribution in [1.82, 2.24) is 4.31 Å². The molecule has 0 spiro atoms. The first-order chi connectivity index (χ1) is 8.53. The van der Waals surface area contributed by atoms with Crippen molar-refractivity contribution in [1.29, 1.82) is 0 Å². The average Bonchev–Trinajstić information content (AvgIpc) is 2.77. The summed E-state index contributed by atoms with van der Waals surface area (Å²) in [6.45, 7) is 2.58. The van der Waals surface area contributed by atoms with Crippen LogP contribution in [-0.4, -0.2) is 30.4 Å². The molecule has 1 atom stereocenters. The van der Waals surface area contributed by atoms with Crippen LogP contribution in [0.3, 0.4) is 0 Å². The minimum Gasteiger partial charge on any atom is -0.392 e. The lowest BCUT2D eigenvalue weighted by molar-refractivity contribution is 0.282. The Morgan fingerprint density at radius 2 is 1.89 bits per heavy atom. The SMILES string of the molecule is CC1CCCN1S(=O)(=O)Cc1ccc(CO)cc1. The van der Waals surface area contributed by atoms with Crippen LogP contribution in [0.2, 0.25) is 0 Å². The van der Waals surface area contributed by atoms with Gasteiger partial charge in [0.05, 0.1) is 12.4 Å². The van der Waals surface area contributed by atoms with Gasteiger partial charge in [0.2, 0.25) is 10.0 Å². The van der Waals surface area contributed by atoms with Crippen LogP contribution in [0.25, 0.3) is 0 Å². The van der Waals surface area contributed by atoms with Crippen molar-refractivity contribution in [2.45, 2.75) is 38.2 Å². The molecule has 0 aromatic heterocycles. The highest BCUT2D eigenvalue weighted by Crippen LogP contribution is 2.23. The van der Waals surface area contributed by atoms with E-state index in [2.05, 4.69) is 0 Å². The van der Waals surface area contributed by atoms with E-state index in [4.69, 9.17) is 5.11 Å². The van der Waals surface area contributed by atoms with Crippen LogP contribution in [-0.2, 0) is 22.4 Å². The molecule has 1 unspecified atom stereocenters. The van der Waals surface area contributed by atoms with Crippen molar-refractivity contribution in [2.24, 2.45) is 0 Å². The highest BCUT2D eigenvalue weighted by atomic mass is 32.2. The topological polar surface area (TPSA) is 57.6 Å². The Morgan fingerprint density at radius 3 is 2.39 bits per heavy atom. The summed E-state index contributed by atoms with van der Waals surface area (Å²) in [5.41, 5.74) is 1.57. The molecule has 1 aliphatic rings. The average molecular weight is 269 g/mol. The number of benzene rings is 1. The first-order valence-electron chi connectivity index (χ1n) is 6.21. The standard InChI is InChI=1S/C13H19NO3S/c1-11-3-2-8-14(11)18(16,17)10-13-6-4-12(9-15)5-7-13/h4-7,11,15H,2-3,8-10H2,1H3. The molecule has 100 valence electrons. The van der Waals surface area contributed by atoms with Crippen LogP contribution >= 0.6 is 0 Å². The summed E-state index contributed by atoms with van der Waals surface area (Å²) in [7, 11) is -3.21. The molecule has 0 aliphatic carbocycles. The van der Waals surface area contributed by atoms with Gasteiger partial charge in [-0.05, 0) is 30.9 Å². The smallest absolute Gasteiger partial charge is 0.218 e. The second kappa shape index (κ2) is 5.38. The summed E-state index contributed by atoms with van der Waals surface area (Å²) in [6.07, 6.45) is 1.90. The van der Waals surface area contributed by atoms with Crippen molar-refractivity contribution in [2.75, 3.05) is 6.54 Å². The van der Waals surface area contributed by atoms with Gasteiger partial charge in [-0.1, -0.05) is 24.3 Å². The van der Waals surface area contributed by atoms with Gasteiger partial charge in [-0.3, -0.25) is 0 Å². The molecule has 1 aliphatic heterocycles. The van der Waals surface area contributed by atoms with E-state index >= 15 is 0 Å². The molecule has 1 fully saturated rings. The Balaban J connectivity index is 2.11. The first-order valence-corrected chi connectivity index (χ1v) is 7.82. The van der Waals surface area contributed by atoms with E-state index in [1.807, 2.05) is 6.92 Å². The molecule has 1 aromatic carbocycles. The summed E-state index contributed by atoms with van der Waals surface area (Å²) in [4.78, 5) is 0. The quantitative estimate of drug-likeness (QED) is 0.901. The van der Waals surface area contributed by atoms with Crippen molar-refractivity contribution < 1.29 is 13.5 Å². The van der Waals surface area contributed by atoms with Gasteiger partial charge in [0.15, 0.2) is 0 Å². The van der Waals surface area contributed by atoms with E-state index in [1.54, 1.807) is 28.6 Å². The second-order valence-electron chi connectivity index (χ2n) is 4.83. The zero-order chi connectivity index (χ0) is 13.2. The van der Waals surface area contributed by atoms with Crippen LogP contribution in [0.1, 0.15) is 30.9 Å². The predicted molar refractivity (Wildman–Crippen MR) is 70.4 cm³/mol. The number of rotatable bonds is 4. The summed E-state index contributed by atoms with van der Waals surface area (Å²) < 4.78 is 26.1. The molecule has 4 nitrogen and oxygen atoms in total. The van der Waals surface area contributed by atoms with Gasteiger partial charge < -0.3 is 5.11 Å². The zero-order valence-corrected chi connectivity index (χ0v) is 11.4. The van der Waals surface area contributed by atoms with Crippen LogP contribution in [0, 0.1) is 0 Å². The van der Waals surface area contributed by atoms with Gasteiger partial charge in [0, 0.05) is 12.6 Å². The normalized spacial score (nSPS) is 21.3. The lowest BCUT2D eigenvalue weighted by Gasteiger charge is -2.20. The molecular weight excluding hydrogens is 250 g/mol. The summed E-state index contributed by atoms with van der Waals surface area (Å²) in [5, 5.41) is 8.94. The minimum absolute atomic E-state index is 0.0177. The summed E-state index contributed by atoms with van der Waals surface area (Å²) in [5.74, 6) is 0.0447. The van der Waals surface area contributed by atoms with Crippen molar-refractivity contribution in [3.8, 4) is 0 Å². The molecular formula is C13H19NO3S. The molecule has 18 heavy (non-hydrogen) atoms. The van der Waals surface area contributed by atoms with Crippen molar-refractivity contribution >= 4 is 10.0 Å². The maximum atomic E-state index is 12.2. The van der Waals surface area contributed by atoms with Crippen LogP contribution in [0.4, 0.5) is 0 Å². The fraction of sp³-hybridized carbons (Fsp3) is 0.538. The number of hydrogen-bond acceptors (Lipinski definition) is 3. The number of aliphatic hydroxyl groups is 1. The molecule has 5 heteroatoms. The largest absolute Gasteiger partial charge is 0.392 e. The van der Waals surface area contributed by atoms with Gasteiger partial charge in [-0.15, -0.1) is 0 Å². The predicted octanol–water partition coefficient (Wildman–Crippen LogP) is 1.49. The number of hydrogen-bond donors (Lipinski definition) is 1. The van der Waals surface area contributed by atoms with E-state index in [-0.39, 0.29) is 18.4 Å². The third kappa shape index (κ3) is 2.91. The monoisotopic (exact) mass is 269 g/mol. The molecule has 0 saturated carbocycles. The highest BCUT2D eigenvalue weighted by Gasteiger charge is 2.31. The summed E-state index contributed by atoms with van der Waals surface area (Å²) in [6, 6.07) is 7.18. The van der Waals surface area contributed by atoms with Crippen LogP contribution in [0.15, 0.2) is 24.3 Å². The third-order valence-corrected chi connectivity index (χ3v) is 5.36. The fourth-order valence-corrected chi connectivity index (χ4v) is 4.20. The van der Waals surface area contributed by atoms with Gasteiger partial charge in [0.1, 0.15) is 0 Å². The van der Waals surface area contributed by atoms with E-state index in [1.165, 1.54) is 0 Å². The summed E-state index contributed by atoms with van der Waals surface area (Å²) >= 11 is 0. The molecule has 1 saturated heterocycles. The van der Waals surface area contributed by atoms with E-state index in [9.17, 15) is 8.42 Å². The van der Waals surface area contributed by atoms with Crippen molar-refractivity contribution in [3.05, 3.63) is 35.4 Å². The molecule has 0 amide bonds. The lowest BCUT2D eigenvalue weighted by atomic mass is 10.2. The maximum absolute atomic E-state index is 12.2. The minimum atomic E-state index is -3.21. The Labute approximate surface area is 108 Å². The molecule has 1 heterocycles. The van der Waals surface area contributed by atoms with Gasteiger partial charge in [0.25, 0.3) is 0 Å². The first kappa shape index (κ1) is 13.5. The molecule has 1 N–H and O–H groups in total. The van der Waals surface area contributed by atoms with Gasteiger partial charge >= 0.3 is 0 Å². The van der Waals surface area contributed by atoms with Crippen LogP contribution in [0.5, 0.6) is 0 Å². The van der Waals surface area contributed by atoms with Crippen LogP contribution < -0.4 is 0 Å². The Morgan fingerprint density at radius 1 is 1.28 bits per heavy atom. The van der Waals surface area contributed by atoms with E-state index in [0.717, 1.165) is 24.0 Å². The van der Waals surface area contributed by atoms with Gasteiger partial charge in [-0.25, -0.2) is 8.42 Å². The lowest BCUT2D eigenvalue weighted by Crippen LogP contribution is -2.34. The second-order valence-corrected chi connectivity index (χ2v) is 6.75. The Hall–Kier alpha value is -0.910. The molecule has 1 aromatic rings. The van der Waals surface area contributed by atoms with Gasteiger partial charge in [-0.2, -0.15) is 4.31 Å². The Kier molecular flexibility index (Phi) is 4.04.